The SMILES string of the molecule is Nc1cncnc1N1CCC(N2CCCOC2=O)CC1. The molecule has 0 bridgehead atoms. The number of rotatable bonds is 2. The van der Waals surface area contributed by atoms with Crippen LogP contribution in [0.25, 0.3) is 0 Å². The number of hydrogen-bond donors (Lipinski definition) is 1. The zero-order valence-electron chi connectivity index (χ0n) is 11.4. The summed E-state index contributed by atoms with van der Waals surface area (Å²) in [6.07, 6.45) is 5.72. The number of nitrogens with zero attached hydrogens (tertiary/aromatic N) is 4. The normalized spacial score (nSPS) is 20.9. The van der Waals surface area contributed by atoms with E-state index >= 15 is 0 Å². The second-order valence-electron chi connectivity index (χ2n) is 5.18. The fraction of sp³-hybridized carbons (Fsp3) is 0.615. The molecular weight excluding hydrogens is 258 g/mol. The Balaban J connectivity index is 1.62. The molecule has 0 radical (unpaired) electrons. The minimum absolute atomic E-state index is 0.170. The topological polar surface area (TPSA) is 84.6 Å². The fourth-order valence-corrected chi connectivity index (χ4v) is 2.89. The summed E-state index contributed by atoms with van der Waals surface area (Å²) in [5.41, 5.74) is 6.50. The first kappa shape index (κ1) is 13.0. The van der Waals surface area contributed by atoms with Gasteiger partial charge >= 0.3 is 6.09 Å². The van der Waals surface area contributed by atoms with Gasteiger partial charge in [-0.1, -0.05) is 0 Å². The summed E-state index contributed by atoms with van der Waals surface area (Å²) in [6.45, 7) is 3.04. The van der Waals surface area contributed by atoms with Crippen LogP contribution in [0.2, 0.25) is 0 Å². The Labute approximate surface area is 117 Å². The third kappa shape index (κ3) is 2.48. The lowest BCUT2D eigenvalue weighted by molar-refractivity contribution is 0.0499. The predicted octanol–water partition coefficient (Wildman–Crippen LogP) is 0.870. The Hall–Kier alpha value is -2.05. The maximum atomic E-state index is 11.7. The van der Waals surface area contributed by atoms with Gasteiger partial charge in [-0.05, 0) is 19.3 Å². The number of carbonyl (C=O) groups is 1. The van der Waals surface area contributed by atoms with Crippen molar-refractivity contribution in [1.29, 1.82) is 0 Å². The largest absolute Gasteiger partial charge is 0.449 e. The van der Waals surface area contributed by atoms with Crippen LogP contribution in [0.3, 0.4) is 0 Å². The Kier molecular flexibility index (Phi) is 3.58. The molecule has 0 unspecified atom stereocenters. The molecule has 2 aliphatic rings. The van der Waals surface area contributed by atoms with E-state index in [-0.39, 0.29) is 12.1 Å². The number of piperidine rings is 1. The number of nitrogens with two attached hydrogens (primary N) is 1. The fourth-order valence-electron chi connectivity index (χ4n) is 2.89. The van der Waals surface area contributed by atoms with E-state index in [2.05, 4.69) is 14.9 Å². The molecule has 1 aromatic rings. The zero-order chi connectivity index (χ0) is 13.9. The van der Waals surface area contributed by atoms with E-state index in [4.69, 9.17) is 10.5 Å². The molecule has 2 fully saturated rings. The smallest absolute Gasteiger partial charge is 0.410 e. The van der Waals surface area contributed by atoms with Crippen LogP contribution in [0, 0.1) is 0 Å². The Morgan fingerprint density at radius 1 is 1.30 bits per heavy atom. The number of carbonyl (C=O) groups excluding carboxylic acids is 1. The van der Waals surface area contributed by atoms with E-state index < -0.39 is 0 Å². The third-order valence-electron chi connectivity index (χ3n) is 3.93. The van der Waals surface area contributed by atoms with Crippen molar-refractivity contribution in [3.8, 4) is 0 Å². The number of cyclic esters (lactones) is 1. The van der Waals surface area contributed by atoms with Crippen LogP contribution in [0.15, 0.2) is 12.5 Å². The molecule has 2 aliphatic heterocycles. The number of aromatic nitrogens is 2. The molecular formula is C13H19N5O2. The van der Waals surface area contributed by atoms with E-state index in [1.165, 1.54) is 6.33 Å². The van der Waals surface area contributed by atoms with Gasteiger partial charge in [0.1, 0.15) is 6.33 Å². The van der Waals surface area contributed by atoms with Crippen LogP contribution in [-0.2, 0) is 4.74 Å². The van der Waals surface area contributed by atoms with Gasteiger partial charge in [0.25, 0.3) is 0 Å². The van der Waals surface area contributed by atoms with Gasteiger partial charge < -0.3 is 20.3 Å². The Bertz CT molecular complexity index is 487. The summed E-state index contributed by atoms with van der Waals surface area (Å²) < 4.78 is 5.11. The average Bonchev–Trinajstić information content (AvgIpc) is 2.49. The van der Waals surface area contributed by atoms with Crippen molar-refractivity contribution in [1.82, 2.24) is 14.9 Å². The van der Waals surface area contributed by atoms with Crippen LogP contribution in [-0.4, -0.2) is 53.2 Å². The molecule has 0 atom stereocenters. The van der Waals surface area contributed by atoms with Crippen LogP contribution in [0.4, 0.5) is 16.3 Å². The van der Waals surface area contributed by atoms with Crippen molar-refractivity contribution in [2.45, 2.75) is 25.3 Å². The van der Waals surface area contributed by atoms with Crippen molar-refractivity contribution in [3.63, 3.8) is 0 Å². The van der Waals surface area contributed by atoms with Crippen LogP contribution >= 0.6 is 0 Å². The number of hydrogen-bond acceptors (Lipinski definition) is 6. The molecule has 0 aliphatic carbocycles. The second kappa shape index (κ2) is 5.52. The summed E-state index contributed by atoms with van der Waals surface area (Å²) in [4.78, 5) is 23.9. The zero-order valence-corrected chi connectivity index (χ0v) is 11.4. The highest BCUT2D eigenvalue weighted by molar-refractivity contribution is 5.68. The van der Waals surface area contributed by atoms with E-state index in [0.717, 1.165) is 44.7 Å². The monoisotopic (exact) mass is 277 g/mol. The summed E-state index contributed by atoms with van der Waals surface area (Å²) >= 11 is 0. The van der Waals surface area contributed by atoms with Crippen molar-refractivity contribution in [2.24, 2.45) is 0 Å². The summed E-state index contributed by atoms with van der Waals surface area (Å²) in [5.74, 6) is 0.791. The standard InChI is InChI=1S/C13H19N5O2/c14-11-8-15-9-16-12(11)17-5-2-10(3-6-17)18-4-1-7-20-13(18)19/h8-10H,1-7,14H2. The maximum absolute atomic E-state index is 11.7. The molecule has 2 saturated heterocycles. The van der Waals surface area contributed by atoms with Gasteiger partial charge in [0.2, 0.25) is 0 Å². The van der Waals surface area contributed by atoms with Gasteiger partial charge in [-0.25, -0.2) is 14.8 Å². The highest BCUT2D eigenvalue weighted by Gasteiger charge is 2.31. The molecule has 0 saturated carbocycles. The molecule has 2 N–H and O–H groups in total. The molecule has 0 aromatic carbocycles. The first-order chi connectivity index (χ1) is 9.75. The van der Waals surface area contributed by atoms with Crippen molar-refractivity contribution in [2.75, 3.05) is 36.9 Å². The minimum Gasteiger partial charge on any atom is -0.449 e. The Morgan fingerprint density at radius 3 is 2.80 bits per heavy atom. The van der Waals surface area contributed by atoms with Crippen LogP contribution in [0.5, 0.6) is 0 Å². The summed E-state index contributed by atoms with van der Waals surface area (Å²) in [5, 5.41) is 0. The molecule has 0 spiro atoms. The summed E-state index contributed by atoms with van der Waals surface area (Å²) in [7, 11) is 0. The highest BCUT2D eigenvalue weighted by Crippen LogP contribution is 2.25. The Morgan fingerprint density at radius 2 is 2.10 bits per heavy atom. The average molecular weight is 277 g/mol. The number of nitrogen functional groups attached to an aromatic ring is 1. The van der Waals surface area contributed by atoms with Gasteiger partial charge in [-0.3, -0.25) is 0 Å². The maximum Gasteiger partial charge on any atom is 0.410 e. The number of anilines is 2. The number of ether oxygens (including phenoxy) is 1. The lowest BCUT2D eigenvalue weighted by Crippen LogP contribution is -2.50. The second-order valence-corrected chi connectivity index (χ2v) is 5.18. The lowest BCUT2D eigenvalue weighted by atomic mass is 10.0. The van der Waals surface area contributed by atoms with Crippen molar-refractivity contribution < 1.29 is 9.53 Å². The molecule has 7 nitrogen and oxygen atoms in total. The van der Waals surface area contributed by atoms with Crippen molar-refractivity contribution >= 4 is 17.6 Å². The molecule has 20 heavy (non-hydrogen) atoms. The van der Waals surface area contributed by atoms with Crippen LogP contribution in [0.1, 0.15) is 19.3 Å². The summed E-state index contributed by atoms with van der Waals surface area (Å²) in [6, 6.07) is 0.266. The first-order valence-corrected chi connectivity index (χ1v) is 6.99. The molecule has 3 rings (SSSR count). The number of amides is 1. The van der Waals surface area contributed by atoms with E-state index in [1.807, 2.05) is 4.90 Å². The van der Waals surface area contributed by atoms with E-state index in [1.54, 1.807) is 6.20 Å². The quantitative estimate of drug-likeness (QED) is 0.863. The van der Waals surface area contributed by atoms with Gasteiger partial charge in [0.05, 0.1) is 18.5 Å². The van der Waals surface area contributed by atoms with Gasteiger partial charge in [-0.15, -0.1) is 0 Å². The van der Waals surface area contributed by atoms with Gasteiger partial charge in [-0.2, -0.15) is 0 Å². The van der Waals surface area contributed by atoms with Gasteiger partial charge in [0, 0.05) is 25.7 Å². The lowest BCUT2D eigenvalue weighted by Gasteiger charge is -2.40. The molecule has 108 valence electrons. The van der Waals surface area contributed by atoms with Crippen molar-refractivity contribution in [3.05, 3.63) is 12.5 Å². The third-order valence-corrected chi connectivity index (χ3v) is 3.93. The van der Waals surface area contributed by atoms with E-state index in [0.29, 0.717) is 12.3 Å². The molecule has 1 amide bonds. The highest BCUT2D eigenvalue weighted by atomic mass is 16.6. The van der Waals surface area contributed by atoms with Gasteiger partial charge in [0.15, 0.2) is 5.82 Å². The predicted molar refractivity (Wildman–Crippen MR) is 74.4 cm³/mol. The molecule has 3 heterocycles. The first-order valence-electron chi connectivity index (χ1n) is 6.99. The van der Waals surface area contributed by atoms with Crippen LogP contribution < -0.4 is 10.6 Å². The molecule has 1 aromatic heterocycles. The van der Waals surface area contributed by atoms with E-state index in [9.17, 15) is 4.79 Å². The minimum atomic E-state index is -0.170. The molecule has 7 heteroatoms.